The van der Waals surface area contributed by atoms with Crippen LogP contribution >= 0.6 is 0 Å². The fourth-order valence-electron chi connectivity index (χ4n) is 3.36. The normalized spacial score (nSPS) is 16.0. The molecule has 9 heteroatoms. The minimum Gasteiger partial charge on any atom is -0.490 e. The molecule has 1 aromatic heterocycles. The molecule has 0 radical (unpaired) electrons. The number of para-hydroxylation sites is 2. The third-order valence-corrected chi connectivity index (χ3v) is 7.02. The molecule has 3 rings (SSSR count). The van der Waals surface area contributed by atoms with Gasteiger partial charge in [-0.05, 0) is 45.2 Å². The summed E-state index contributed by atoms with van der Waals surface area (Å²) >= 11 is 0. The van der Waals surface area contributed by atoms with Crippen molar-refractivity contribution in [1.82, 2.24) is 9.46 Å². The summed E-state index contributed by atoms with van der Waals surface area (Å²) < 4.78 is 43.3. The van der Waals surface area contributed by atoms with E-state index >= 15 is 0 Å². The summed E-state index contributed by atoms with van der Waals surface area (Å²) in [5, 5.41) is 3.73. The lowest BCUT2D eigenvalue weighted by molar-refractivity contribution is -0.140. The summed E-state index contributed by atoms with van der Waals surface area (Å²) in [6.45, 7) is 6.19. The molecule has 0 unspecified atom stereocenters. The van der Waals surface area contributed by atoms with Crippen molar-refractivity contribution in [3.8, 4) is 11.5 Å². The first kappa shape index (κ1) is 21.3. The molecular formula is C20H26N2O6S. The first-order chi connectivity index (χ1) is 13.8. The van der Waals surface area contributed by atoms with Crippen LogP contribution < -0.4 is 9.47 Å². The molecule has 0 aliphatic carbocycles. The van der Waals surface area contributed by atoms with Crippen LogP contribution in [-0.4, -0.2) is 43.5 Å². The van der Waals surface area contributed by atoms with Gasteiger partial charge in [0.15, 0.2) is 17.3 Å². The molecule has 2 heterocycles. The van der Waals surface area contributed by atoms with E-state index in [0.29, 0.717) is 36.6 Å². The zero-order chi connectivity index (χ0) is 21.0. The molecule has 1 fully saturated rings. The Morgan fingerprint density at radius 3 is 2.45 bits per heavy atom. The Balaban J connectivity index is 1.63. The van der Waals surface area contributed by atoms with E-state index in [9.17, 15) is 13.2 Å². The van der Waals surface area contributed by atoms with Gasteiger partial charge in [0.05, 0.1) is 12.5 Å². The second kappa shape index (κ2) is 8.96. The van der Waals surface area contributed by atoms with Crippen LogP contribution in [0.5, 0.6) is 11.5 Å². The van der Waals surface area contributed by atoms with Crippen molar-refractivity contribution in [2.75, 3.05) is 19.7 Å². The largest absolute Gasteiger partial charge is 0.490 e. The van der Waals surface area contributed by atoms with Gasteiger partial charge in [-0.15, -0.1) is 0 Å². The number of benzene rings is 1. The fraction of sp³-hybridized carbons (Fsp3) is 0.500. The van der Waals surface area contributed by atoms with Gasteiger partial charge >= 0.3 is 5.97 Å². The number of hydrogen-bond acceptors (Lipinski definition) is 7. The highest BCUT2D eigenvalue weighted by atomic mass is 32.2. The highest BCUT2D eigenvalue weighted by molar-refractivity contribution is 7.89. The average Bonchev–Trinajstić information content (AvgIpc) is 3.06. The van der Waals surface area contributed by atoms with Crippen LogP contribution in [0.25, 0.3) is 0 Å². The Morgan fingerprint density at radius 2 is 1.86 bits per heavy atom. The number of esters is 1. The van der Waals surface area contributed by atoms with Crippen LogP contribution in [0.3, 0.4) is 0 Å². The molecule has 0 bridgehead atoms. The van der Waals surface area contributed by atoms with Gasteiger partial charge in [0.1, 0.15) is 10.6 Å². The minimum atomic E-state index is -3.70. The molecule has 29 heavy (non-hydrogen) atoms. The predicted molar refractivity (Wildman–Crippen MR) is 105 cm³/mol. The van der Waals surface area contributed by atoms with E-state index < -0.39 is 10.0 Å². The van der Waals surface area contributed by atoms with Crippen LogP contribution in [0.4, 0.5) is 0 Å². The average molecular weight is 423 g/mol. The third-order valence-electron chi connectivity index (χ3n) is 4.87. The van der Waals surface area contributed by atoms with E-state index in [-0.39, 0.29) is 35.6 Å². The standard InChI is InChI=1S/C20H26N2O6S/c1-4-13-26-17-7-5-6-8-18(17)27-20(23)16-9-11-22(12-10-16)29(24,25)19-14(2)21-28-15(19)3/h5-8,16H,4,9-13H2,1-3H3. The summed E-state index contributed by atoms with van der Waals surface area (Å²) in [4.78, 5) is 12.7. The van der Waals surface area contributed by atoms with Gasteiger partial charge in [-0.3, -0.25) is 4.79 Å². The summed E-state index contributed by atoms with van der Waals surface area (Å²) in [5.41, 5.74) is 0.340. The molecule has 1 aliphatic heterocycles. The van der Waals surface area contributed by atoms with Crippen molar-refractivity contribution in [3.05, 3.63) is 35.7 Å². The number of carbonyl (C=O) groups is 1. The molecule has 8 nitrogen and oxygen atoms in total. The summed E-state index contributed by atoms with van der Waals surface area (Å²) in [7, 11) is -3.70. The Hall–Kier alpha value is -2.39. The minimum absolute atomic E-state index is 0.112. The van der Waals surface area contributed by atoms with Gasteiger partial charge in [-0.1, -0.05) is 24.2 Å². The topological polar surface area (TPSA) is 98.9 Å². The van der Waals surface area contributed by atoms with Gasteiger partial charge < -0.3 is 14.0 Å². The van der Waals surface area contributed by atoms with Crippen molar-refractivity contribution in [1.29, 1.82) is 0 Å². The number of hydrogen-bond donors (Lipinski definition) is 0. The first-order valence-corrected chi connectivity index (χ1v) is 11.1. The van der Waals surface area contributed by atoms with E-state index in [4.69, 9.17) is 14.0 Å². The maximum Gasteiger partial charge on any atom is 0.314 e. The smallest absolute Gasteiger partial charge is 0.314 e. The van der Waals surface area contributed by atoms with E-state index in [1.54, 1.807) is 32.0 Å². The van der Waals surface area contributed by atoms with Crippen molar-refractivity contribution < 1.29 is 27.2 Å². The van der Waals surface area contributed by atoms with Crippen LogP contribution in [0.1, 0.15) is 37.6 Å². The Labute approximate surface area is 170 Å². The molecule has 0 atom stereocenters. The number of nitrogens with zero attached hydrogens (tertiary/aromatic N) is 2. The number of aryl methyl sites for hydroxylation is 2. The lowest BCUT2D eigenvalue weighted by Gasteiger charge is -2.30. The van der Waals surface area contributed by atoms with Crippen LogP contribution in [0, 0.1) is 19.8 Å². The SMILES string of the molecule is CCCOc1ccccc1OC(=O)C1CCN(S(=O)(=O)c2c(C)noc2C)CC1. The predicted octanol–water partition coefficient (Wildman–Crippen LogP) is 3.09. The van der Waals surface area contributed by atoms with Crippen molar-refractivity contribution in [3.63, 3.8) is 0 Å². The Bertz CT molecular complexity index is 942. The Morgan fingerprint density at radius 1 is 1.21 bits per heavy atom. The van der Waals surface area contributed by atoms with E-state index in [1.807, 2.05) is 13.0 Å². The zero-order valence-electron chi connectivity index (χ0n) is 16.9. The van der Waals surface area contributed by atoms with Gasteiger partial charge in [0, 0.05) is 13.1 Å². The van der Waals surface area contributed by atoms with Crippen molar-refractivity contribution in [2.24, 2.45) is 5.92 Å². The highest BCUT2D eigenvalue weighted by Gasteiger charge is 2.36. The van der Waals surface area contributed by atoms with E-state index in [0.717, 1.165) is 6.42 Å². The van der Waals surface area contributed by atoms with Crippen LogP contribution in [0.15, 0.2) is 33.7 Å². The van der Waals surface area contributed by atoms with Crippen LogP contribution in [0.2, 0.25) is 0 Å². The number of ether oxygens (including phenoxy) is 2. The highest BCUT2D eigenvalue weighted by Crippen LogP contribution is 2.31. The van der Waals surface area contributed by atoms with E-state index in [2.05, 4.69) is 5.16 Å². The molecule has 1 aromatic carbocycles. The number of sulfonamides is 1. The molecule has 158 valence electrons. The first-order valence-electron chi connectivity index (χ1n) is 9.71. The van der Waals surface area contributed by atoms with Gasteiger partial charge in [0.25, 0.3) is 0 Å². The zero-order valence-corrected chi connectivity index (χ0v) is 17.7. The molecule has 1 saturated heterocycles. The molecule has 1 aliphatic rings. The third kappa shape index (κ3) is 4.62. The molecule has 0 N–H and O–H groups in total. The maximum atomic E-state index is 12.9. The number of carbonyl (C=O) groups excluding carboxylic acids is 1. The molecule has 0 amide bonds. The number of piperidine rings is 1. The molecule has 0 saturated carbocycles. The number of aromatic nitrogens is 1. The summed E-state index contributed by atoms with van der Waals surface area (Å²) in [6, 6.07) is 7.05. The lowest BCUT2D eigenvalue weighted by Crippen LogP contribution is -2.41. The molecule has 0 spiro atoms. The Kier molecular flexibility index (Phi) is 6.59. The second-order valence-electron chi connectivity index (χ2n) is 7.05. The van der Waals surface area contributed by atoms with Crippen LogP contribution in [-0.2, 0) is 14.8 Å². The van der Waals surface area contributed by atoms with Gasteiger partial charge in [-0.2, -0.15) is 4.31 Å². The number of rotatable bonds is 7. The summed E-state index contributed by atoms with van der Waals surface area (Å²) in [5.74, 6) is 0.447. The monoisotopic (exact) mass is 422 g/mol. The quantitative estimate of drug-likeness (QED) is 0.499. The van der Waals surface area contributed by atoms with Gasteiger partial charge in [0.2, 0.25) is 10.0 Å². The molecule has 2 aromatic rings. The second-order valence-corrected chi connectivity index (χ2v) is 8.92. The van der Waals surface area contributed by atoms with Gasteiger partial charge in [-0.25, -0.2) is 8.42 Å². The lowest BCUT2D eigenvalue weighted by atomic mass is 9.98. The fourth-order valence-corrected chi connectivity index (χ4v) is 5.12. The summed E-state index contributed by atoms with van der Waals surface area (Å²) in [6.07, 6.45) is 1.62. The van der Waals surface area contributed by atoms with Crippen molar-refractivity contribution in [2.45, 2.75) is 44.9 Å². The van der Waals surface area contributed by atoms with Crippen molar-refractivity contribution >= 4 is 16.0 Å². The maximum absolute atomic E-state index is 12.9. The molecular weight excluding hydrogens is 396 g/mol. The van der Waals surface area contributed by atoms with E-state index in [1.165, 1.54) is 4.31 Å².